The molecule has 0 fully saturated rings. The molecule has 0 saturated heterocycles. The van der Waals surface area contributed by atoms with Crippen molar-refractivity contribution in [1.29, 1.82) is 0 Å². The summed E-state index contributed by atoms with van der Waals surface area (Å²) in [6, 6.07) is 25.8. The van der Waals surface area contributed by atoms with Gasteiger partial charge in [0.2, 0.25) is 6.41 Å². The van der Waals surface area contributed by atoms with Gasteiger partial charge >= 0.3 is 0 Å². The van der Waals surface area contributed by atoms with Crippen molar-refractivity contribution < 1.29 is 9.59 Å². The summed E-state index contributed by atoms with van der Waals surface area (Å²) in [6.07, 6.45) is 4.42. The number of fused-ring (bicyclic) bond motifs is 1. The first-order valence-corrected chi connectivity index (χ1v) is 13.1. The molecule has 0 radical (unpaired) electrons. The van der Waals surface area contributed by atoms with Gasteiger partial charge in [-0.05, 0) is 83.8 Å². The van der Waals surface area contributed by atoms with Crippen LogP contribution in [0.3, 0.4) is 0 Å². The molecule has 3 aromatic carbocycles. The molecule has 40 heavy (non-hydrogen) atoms. The van der Waals surface area contributed by atoms with Crippen molar-refractivity contribution in [2.75, 3.05) is 24.3 Å². The van der Waals surface area contributed by atoms with E-state index >= 15 is 0 Å². The smallest absolute Gasteiger partial charge is 0.251 e. The van der Waals surface area contributed by atoms with Gasteiger partial charge in [0.05, 0.1) is 11.4 Å². The molecule has 0 atom stereocenters. The van der Waals surface area contributed by atoms with Crippen LogP contribution < -0.4 is 20.9 Å². The molecule has 0 aliphatic carbocycles. The topological polar surface area (TPSA) is 90.8 Å². The number of benzene rings is 3. The fraction of sp³-hybridized carbons (Fsp3) is 0.156. The fourth-order valence-electron chi connectivity index (χ4n) is 4.58. The SMILES string of the molecule is Cc1ccc(-c2ccc(Nc3ccc(C(=O)NCc4ccc(N(C)C)cc4)cc3)c3nccn23)cc1CNC=O. The highest BCUT2D eigenvalue weighted by molar-refractivity contribution is 5.94. The predicted octanol–water partition coefficient (Wildman–Crippen LogP) is 5.30. The van der Waals surface area contributed by atoms with Crippen molar-refractivity contribution in [1.82, 2.24) is 20.0 Å². The minimum absolute atomic E-state index is 0.121. The number of amides is 2. The minimum Gasteiger partial charge on any atom is -0.378 e. The van der Waals surface area contributed by atoms with Crippen LogP contribution in [0.5, 0.6) is 0 Å². The van der Waals surface area contributed by atoms with Crippen LogP contribution in [-0.2, 0) is 17.9 Å². The van der Waals surface area contributed by atoms with E-state index in [1.165, 1.54) is 0 Å². The van der Waals surface area contributed by atoms with Gasteiger partial charge in [0.15, 0.2) is 5.65 Å². The lowest BCUT2D eigenvalue weighted by Crippen LogP contribution is -2.22. The summed E-state index contributed by atoms with van der Waals surface area (Å²) < 4.78 is 2.04. The minimum atomic E-state index is -0.121. The quantitative estimate of drug-likeness (QED) is 0.213. The zero-order valence-corrected chi connectivity index (χ0v) is 22.8. The van der Waals surface area contributed by atoms with Crippen LogP contribution in [0.2, 0.25) is 0 Å². The van der Waals surface area contributed by atoms with Gasteiger partial charge in [-0.3, -0.25) is 14.0 Å². The number of anilines is 3. The number of rotatable bonds is 10. The molecule has 0 aliphatic heterocycles. The number of imidazole rings is 1. The van der Waals surface area contributed by atoms with Gasteiger partial charge < -0.3 is 20.9 Å². The third kappa shape index (κ3) is 5.81. The summed E-state index contributed by atoms with van der Waals surface area (Å²) >= 11 is 0. The number of hydrogen-bond acceptors (Lipinski definition) is 5. The van der Waals surface area contributed by atoms with E-state index in [1.54, 1.807) is 6.20 Å². The lowest BCUT2D eigenvalue weighted by Gasteiger charge is -2.14. The number of aryl methyl sites for hydroxylation is 1. The van der Waals surface area contributed by atoms with Crippen LogP contribution in [0.4, 0.5) is 17.1 Å². The van der Waals surface area contributed by atoms with Gasteiger partial charge in [-0.1, -0.05) is 24.3 Å². The lowest BCUT2D eigenvalue weighted by atomic mass is 10.0. The fourth-order valence-corrected chi connectivity index (χ4v) is 4.58. The van der Waals surface area contributed by atoms with Gasteiger partial charge in [-0.25, -0.2) is 4.98 Å². The maximum Gasteiger partial charge on any atom is 0.251 e. The number of carbonyl (C=O) groups excluding carboxylic acids is 2. The predicted molar refractivity (Wildman–Crippen MR) is 160 cm³/mol. The Hall–Kier alpha value is -5.11. The summed E-state index contributed by atoms with van der Waals surface area (Å²) in [4.78, 5) is 30.1. The Kier molecular flexibility index (Phi) is 7.77. The van der Waals surface area contributed by atoms with Gasteiger partial charge in [0.25, 0.3) is 5.91 Å². The molecular formula is C32H32N6O2. The second kappa shape index (κ2) is 11.7. The van der Waals surface area contributed by atoms with Crippen molar-refractivity contribution in [2.24, 2.45) is 0 Å². The van der Waals surface area contributed by atoms with Crippen LogP contribution in [0, 0.1) is 6.92 Å². The highest BCUT2D eigenvalue weighted by Gasteiger charge is 2.12. The molecule has 5 rings (SSSR count). The molecule has 2 aromatic heterocycles. The molecule has 0 bridgehead atoms. The zero-order valence-electron chi connectivity index (χ0n) is 22.8. The molecule has 2 amide bonds. The lowest BCUT2D eigenvalue weighted by molar-refractivity contribution is -0.109. The Labute approximate surface area is 233 Å². The standard InChI is InChI=1S/C32H32N6O2/c1-22-4-7-25(18-26(22)20-33-21-39)30-15-14-29(31-34-16-17-38(30)31)36-27-10-8-24(9-11-27)32(40)35-19-23-5-12-28(13-6-23)37(2)3/h4-18,21,36H,19-20H2,1-3H3,(H,33,39)(H,35,40). The molecule has 0 aliphatic rings. The molecule has 0 unspecified atom stereocenters. The second-order valence-electron chi connectivity index (χ2n) is 9.84. The third-order valence-electron chi connectivity index (χ3n) is 6.90. The normalized spacial score (nSPS) is 10.8. The molecule has 2 heterocycles. The number of hydrogen-bond donors (Lipinski definition) is 3. The van der Waals surface area contributed by atoms with Gasteiger partial charge in [0, 0.05) is 56.5 Å². The third-order valence-corrected chi connectivity index (χ3v) is 6.90. The monoisotopic (exact) mass is 532 g/mol. The number of nitrogens with zero attached hydrogens (tertiary/aromatic N) is 3. The number of nitrogens with one attached hydrogen (secondary N) is 3. The van der Waals surface area contributed by atoms with Crippen molar-refractivity contribution in [3.63, 3.8) is 0 Å². The van der Waals surface area contributed by atoms with Crippen molar-refractivity contribution in [3.05, 3.63) is 114 Å². The average molecular weight is 533 g/mol. The molecule has 8 heteroatoms. The Morgan fingerprint density at radius 2 is 1.73 bits per heavy atom. The maximum atomic E-state index is 12.7. The zero-order chi connectivity index (χ0) is 28.1. The maximum absolute atomic E-state index is 12.7. The molecule has 0 saturated carbocycles. The van der Waals surface area contributed by atoms with E-state index in [-0.39, 0.29) is 5.91 Å². The van der Waals surface area contributed by atoms with Crippen molar-refractivity contribution in [2.45, 2.75) is 20.0 Å². The van der Waals surface area contributed by atoms with E-state index in [4.69, 9.17) is 0 Å². The number of carbonyl (C=O) groups is 2. The van der Waals surface area contributed by atoms with E-state index in [0.717, 1.165) is 50.7 Å². The molecule has 5 aromatic rings. The van der Waals surface area contributed by atoms with Crippen molar-refractivity contribution >= 4 is 35.0 Å². The van der Waals surface area contributed by atoms with E-state index in [2.05, 4.69) is 39.1 Å². The Morgan fingerprint density at radius 1 is 0.950 bits per heavy atom. The highest BCUT2D eigenvalue weighted by Crippen LogP contribution is 2.29. The molecule has 3 N–H and O–H groups in total. The largest absolute Gasteiger partial charge is 0.378 e. The van der Waals surface area contributed by atoms with Crippen molar-refractivity contribution in [3.8, 4) is 11.3 Å². The van der Waals surface area contributed by atoms with Crippen LogP contribution in [0.15, 0.2) is 91.3 Å². The van der Waals surface area contributed by atoms with E-state index in [1.807, 2.05) is 97.2 Å². The Bertz CT molecular complexity index is 1640. The summed E-state index contributed by atoms with van der Waals surface area (Å²) in [5.41, 5.74) is 9.45. The van der Waals surface area contributed by atoms with Crippen LogP contribution >= 0.6 is 0 Å². The summed E-state index contributed by atoms with van der Waals surface area (Å²) in [5.74, 6) is -0.121. The van der Waals surface area contributed by atoms with E-state index in [0.29, 0.717) is 25.1 Å². The number of aromatic nitrogens is 2. The second-order valence-corrected chi connectivity index (χ2v) is 9.84. The van der Waals surface area contributed by atoms with Gasteiger partial charge in [-0.15, -0.1) is 0 Å². The van der Waals surface area contributed by atoms with E-state index < -0.39 is 0 Å². The summed E-state index contributed by atoms with van der Waals surface area (Å²) in [7, 11) is 4.00. The first kappa shape index (κ1) is 26.5. The molecule has 8 nitrogen and oxygen atoms in total. The van der Waals surface area contributed by atoms with Gasteiger partial charge in [-0.2, -0.15) is 0 Å². The average Bonchev–Trinajstić information content (AvgIpc) is 3.47. The summed E-state index contributed by atoms with van der Waals surface area (Å²) in [6.45, 7) is 2.98. The highest BCUT2D eigenvalue weighted by atomic mass is 16.1. The van der Waals surface area contributed by atoms with Crippen LogP contribution in [0.1, 0.15) is 27.0 Å². The Morgan fingerprint density at radius 3 is 2.45 bits per heavy atom. The first-order valence-electron chi connectivity index (χ1n) is 13.1. The van der Waals surface area contributed by atoms with Gasteiger partial charge in [0.1, 0.15) is 0 Å². The molecular weight excluding hydrogens is 500 g/mol. The van der Waals surface area contributed by atoms with Crippen LogP contribution in [-0.4, -0.2) is 35.8 Å². The Balaban J connectivity index is 1.28. The van der Waals surface area contributed by atoms with E-state index in [9.17, 15) is 9.59 Å². The molecule has 202 valence electrons. The van der Waals surface area contributed by atoms with Crippen LogP contribution in [0.25, 0.3) is 16.9 Å². The summed E-state index contributed by atoms with van der Waals surface area (Å²) in [5, 5.41) is 9.16. The number of pyridine rings is 1. The first-order chi connectivity index (χ1) is 19.4. The molecule has 0 spiro atoms.